The van der Waals surface area contributed by atoms with Crippen molar-refractivity contribution in [1.82, 2.24) is 10.2 Å². The molecule has 0 fully saturated rings. The molecule has 2 aliphatic heterocycles. The molecule has 0 bridgehead atoms. The molecule has 1 atom stereocenters. The van der Waals surface area contributed by atoms with E-state index in [-0.39, 0.29) is 46.0 Å². The number of hydrogen-bond acceptors (Lipinski definition) is 6. The Morgan fingerprint density at radius 3 is 2.81 bits per heavy atom. The fourth-order valence-electron chi connectivity index (χ4n) is 2.95. The van der Waals surface area contributed by atoms with Gasteiger partial charge in [0, 0.05) is 0 Å². The number of alkyl halides is 3. The van der Waals surface area contributed by atoms with Crippen molar-refractivity contribution in [1.29, 1.82) is 5.26 Å². The fraction of sp³-hybridized carbons (Fsp3) is 0.200. The monoisotopic (exact) mass is 384 g/mol. The highest BCUT2D eigenvalue weighted by atomic mass is 35.5. The summed E-state index contributed by atoms with van der Waals surface area (Å²) in [4.78, 5) is 0. The second-order valence-corrected chi connectivity index (χ2v) is 5.82. The zero-order chi connectivity index (χ0) is 18.6. The minimum atomic E-state index is -4.75. The van der Waals surface area contributed by atoms with E-state index in [1.54, 1.807) is 6.07 Å². The van der Waals surface area contributed by atoms with E-state index < -0.39 is 17.8 Å². The third kappa shape index (κ3) is 2.24. The predicted molar refractivity (Wildman–Crippen MR) is 80.5 cm³/mol. The molecule has 2 aromatic rings. The van der Waals surface area contributed by atoms with Crippen molar-refractivity contribution in [3.8, 4) is 23.4 Å². The Labute approximate surface area is 148 Å². The van der Waals surface area contributed by atoms with Gasteiger partial charge in [0.1, 0.15) is 17.3 Å². The smallest absolute Gasteiger partial charge is 0.433 e. The summed E-state index contributed by atoms with van der Waals surface area (Å²) in [6.07, 6.45) is -4.75. The van der Waals surface area contributed by atoms with E-state index in [1.165, 1.54) is 12.1 Å². The number of nitrogens with two attached hydrogens (primary N) is 1. The summed E-state index contributed by atoms with van der Waals surface area (Å²) in [5.74, 6) is -1.41. The number of aromatic amines is 1. The minimum absolute atomic E-state index is 0.0210. The summed E-state index contributed by atoms with van der Waals surface area (Å²) < 4.78 is 55.8. The van der Waals surface area contributed by atoms with Gasteiger partial charge >= 0.3 is 6.18 Å². The van der Waals surface area contributed by atoms with Crippen molar-refractivity contribution in [2.45, 2.75) is 12.1 Å². The molecule has 134 valence electrons. The number of aromatic nitrogens is 2. The normalized spacial score (nSPS) is 18.3. The number of hydrogen-bond donors (Lipinski definition) is 2. The predicted octanol–water partition coefficient (Wildman–Crippen LogP) is 3.03. The Morgan fingerprint density at radius 2 is 2.12 bits per heavy atom. The summed E-state index contributed by atoms with van der Waals surface area (Å²) >= 11 is 6.33. The van der Waals surface area contributed by atoms with Crippen molar-refractivity contribution >= 4 is 11.6 Å². The molecule has 0 aliphatic carbocycles. The van der Waals surface area contributed by atoms with E-state index in [0.717, 1.165) is 0 Å². The summed E-state index contributed by atoms with van der Waals surface area (Å²) in [5, 5.41) is 14.9. The average molecular weight is 385 g/mol. The Bertz CT molecular complexity index is 993. The maximum absolute atomic E-state index is 13.4. The van der Waals surface area contributed by atoms with E-state index in [9.17, 15) is 18.4 Å². The third-order valence-electron chi connectivity index (χ3n) is 4.04. The van der Waals surface area contributed by atoms with Crippen LogP contribution in [0.25, 0.3) is 0 Å². The van der Waals surface area contributed by atoms with Gasteiger partial charge in [0.15, 0.2) is 11.5 Å². The van der Waals surface area contributed by atoms with Crippen LogP contribution >= 0.6 is 11.6 Å². The molecule has 0 spiro atoms. The number of benzene rings is 1. The molecular formula is C15H8ClF3N4O3. The van der Waals surface area contributed by atoms with Crippen molar-refractivity contribution in [3.05, 3.63) is 45.4 Å². The Morgan fingerprint density at radius 1 is 1.35 bits per heavy atom. The highest BCUT2D eigenvalue weighted by molar-refractivity contribution is 6.33. The third-order valence-corrected chi connectivity index (χ3v) is 4.43. The number of ether oxygens (including phenoxy) is 3. The molecule has 4 rings (SSSR count). The number of rotatable bonds is 1. The van der Waals surface area contributed by atoms with Crippen LogP contribution in [-0.4, -0.2) is 17.0 Å². The molecule has 1 aromatic heterocycles. The summed E-state index contributed by atoms with van der Waals surface area (Å²) in [5.41, 5.74) is 4.17. The lowest BCUT2D eigenvalue weighted by molar-refractivity contribution is -0.141. The van der Waals surface area contributed by atoms with Gasteiger partial charge in [-0.2, -0.15) is 18.4 Å². The van der Waals surface area contributed by atoms with Crippen LogP contribution in [0.5, 0.6) is 17.4 Å². The first kappa shape index (κ1) is 16.4. The summed E-state index contributed by atoms with van der Waals surface area (Å²) in [7, 11) is 0. The number of nitrogens with one attached hydrogen (secondary N) is 1. The standard InChI is InChI=1S/C15H8ClF3N4O3/c16-10-5(1-2-7-11(10)25-4-24-7)8-6(3-20)13(21)26-14-9(8)12(22-23-14)15(17,18)19/h1-2,8H,4,21H2,(H,22,23). The van der Waals surface area contributed by atoms with Crippen molar-refractivity contribution in [2.24, 2.45) is 5.73 Å². The molecule has 0 amide bonds. The first-order valence-electron chi connectivity index (χ1n) is 7.14. The molecule has 3 N–H and O–H groups in total. The minimum Gasteiger partial charge on any atom is -0.454 e. The molecule has 1 unspecified atom stereocenters. The fourth-order valence-corrected chi connectivity index (χ4v) is 3.27. The van der Waals surface area contributed by atoms with E-state index in [1.807, 2.05) is 5.10 Å². The molecule has 0 radical (unpaired) electrons. The second kappa shape index (κ2) is 5.47. The van der Waals surface area contributed by atoms with Gasteiger partial charge in [0.25, 0.3) is 0 Å². The summed E-state index contributed by atoms with van der Waals surface area (Å²) in [6.45, 7) is -0.0693. The van der Waals surface area contributed by atoms with Crippen molar-refractivity contribution in [2.75, 3.05) is 6.79 Å². The lowest BCUT2D eigenvalue weighted by Crippen LogP contribution is -2.23. The van der Waals surface area contributed by atoms with Gasteiger partial charge in [0.2, 0.25) is 18.6 Å². The zero-order valence-electron chi connectivity index (χ0n) is 12.6. The Hall–Kier alpha value is -3.06. The van der Waals surface area contributed by atoms with Gasteiger partial charge in [-0.25, -0.2) is 0 Å². The van der Waals surface area contributed by atoms with Crippen molar-refractivity contribution in [3.63, 3.8) is 0 Å². The van der Waals surface area contributed by atoms with Gasteiger partial charge in [-0.3, -0.25) is 5.10 Å². The van der Waals surface area contributed by atoms with Crippen LogP contribution in [-0.2, 0) is 6.18 Å². The molecule has 26 heavy (non-hydrogen) atoms. The average Bonchev–Trinajstić information content (AvgIpc) is 3.20. The molecule has 3 heterocycles. The molecule has 11 heteroatoms. The Kier molecular flexibility index (Phi) is 3.45. The number of nitrogens with zero attached hydrogens (tertiary/aromatic N) is 2. The van der Waals surface area contributed by atoms with Gasteiger partial charge in [-0.1, -0.05) is 17.7 Å². The molecule has 0 saturated heterocycles. The lowest BCUT2D eigenvalue weighted by atomic mass is 9.83. The van der Waals surface area contributed by atoms with E-state index in [0.29, 0.717) is 5.75 Å². The first-order valence-corrected chi connectivity index (χ1v) is 7.51. The van der Waals surface area contributed by atoms with Crippen LogP contribution in [0.2, 0.25) is 5.02 Å². The SMILES string of the molecule is N#CC1=C(N)Oc2n[nH]c(C(F)(F)F)c2C1c1ccc2c(c1Cl)OCO2. The maximum atomic E-state index is 13.4. The molecular weight excluding hydrogens is 377 g/mol. The van der Waals surface area contributed by atoms with Crippen LogP contribution in [0.3, 0.4) is 0 Å². The van der Waals surface area contributed by atoms with Gasteiger partial charge in [0.05, 0.1) is 16.5 Å². The van der Waals surface area contributed by atoms with E-state index in [4.69, 9.17) is 31.5 Å². The zero-order valence-corrected chi connectivity index (χ0v) is 13.4. The number of nitriles is 1. The van der Waals surface area contributed by atoms with E-state index in [2.05, 4.69) is 5.10 Å². The number of H-pyrrole nitrogens is 1. The number of allylic oxidation sites excluding steroid dienone is 1. The Balaban J connectivity index is 1.99. The van der Waals surface area contributed by atoms with Gasteiger partial charge in [-0.05, 0) is 11.6 Å². The topological polar surface area (TPSA) is 106 Å². The highest BCUT2D eigenvalue weighted by Crippen LogP contribution is 2.51. The van der Waals surface area contributed by atoms with Gasteiger partial charge in [-0.15, -0.1) is 5.10 Å². The summed E-state index contributed by atoms with van der Waals surface area (Å²) in [6, 6.07) is 4.75. The highest BCUT2D eigenvalue weighted by Gasteiger charge is 2.45. The van der Waals surface area contributed by atoms with Gasteiger partial charge < -0.3 is 19.9 Å². The molecule has 7 nitrogen and oxygen atoms in total. The molecule has 1 aromatic carbocycles. The molecule has 0 saturated carbocycles. The first-order chi connectivity index (χ1) is 12.3. The number of fused-ring (bicyclic) bond motifs is 2. The van der Waals surface area contributed by atoms with Crippen LogP contribution in [0.1, 0.15) is 22.7 Å². The largest absolute Gasteiger partial charge is 0.454 e. The number of halogens is 4. The lowest BCUT2D eigenvalue weighted by Gasteiger charge is -2.25. The second-order valence-electron chi connectivity index (χ2n) is 5.44. The van der Waals surface area contributed by atoms with Crippen molar-refractivity contribution < 1.29 is 27.4 Å². The quantitative estimate of drug-likeness (QED) is 0.782. The maximum Gasteiger partial charge on any atom is 0.433 e. The van der Waals surface area contributed by atoms with E-state index >= 15 is 0 Å². The van der Waals surface area contributed by atoms with Crippen LogP contribution in [0, 0.1) is 11.3 Å². The van der Waals surface area contributed by atoms with Crippen LogP contribution < -0.4 is 19.9 Å². The van der Waals surface area contributed by atoms with Crippen LogP contribution in [0.15, 0.2) is 23.6 Å². The van der Waals surface area contributed by atoms with Crippen LogP contribution in [0.4, 0.5) is 13.2 Å². The molecule has 2 aliphatic rings.